The lowest BCUT2D eigenvalue weighted by Crippen LogP contribution is -2.49. The summed E-state index contributed by atoms with van der Waals surface area (Å²) in [7, 11) is 0. The standard InChI is InChI=1S/C10H21FN2/c1-3-12-8(2)10(11)9-6-4-5-7-13-9/h8-10,12-13H,3-7H2,1-2H3. The molecule has 3 unspecified atom stereocenters. The molecule has 13 heavy (non-hydrogen) atoms. The third-order valence-corrected chi connectivity index (χ3v) is 2.74. The van der Waals surface area contributed by atoms with Crippen molar-refractivity contribution in [3.05, 3.63) is 0 Å². The van der Waals surface area contributed by atoms with Crippen molar-refractivity contribution in [3.8, 4) is 0 Å². The number of halogens is 1. The van der Waals surface area contributed by atoms with Gasteiger partial charge in [-0.1, -0.05) is 13.3 Å². The van der Waals surface area contributed by atoms with E-state index in [4.69, 9.17) is 0 Å². The molecule has 1 heterocycles. The van der Waals surface area contributed by atoms with Gasteiger partial charge in [0.1, 0.15) is 6.17 Å². The summed E-state index contributed by atoms with van der Waals surface area (Å²) in [6.07, 6.45) is 2.59. The Hall–Kier alpha value is -0.150. The van der Waals surface area contributed by atoms with Crippen LogP contribution < -0.4 is 10.6 Å². The number of alkyl halides is 1. The van der Waals surface area contributed by atoms with Crippen molar-refractivity contribution < 1.29 is 4.39 Å². The van der Waals surface area contributed by atoms with Crippen LogP contribution in [0.5, 0.6) is 0 Å². The molecule has 2 N–H and O–H groups in total. The van der Waals surface area contributed by atoms with Crippen molar-refractivity contribution in [2.24, 2.45) is 0 Å². The summed E-state index contributed by atoms with van der Waals surface area (Å²) in [6.45, 7) is 5.75. The van der Waals surface area contributed by atoms with Gasteiger partial charge in [0.05, 0.1) is 0 Å². The molecule has 0 radical (unpaired) electrons. The number of hydrogen-bond donors (Lipinski definition) is 2. The second-order valence-corrected chi connectivity index (χ2v) is 3.85. The summed E-state index contributed by atoms with van der Waals surface area (Å²) < 4.78 is 13.7. The molecule has 0 aromatic rings. The summed E-state index contributed by atoms with van der Waals surface area (Å²) >= 11 is 0. The zero-order valence-electron chi connectivity index (χ0n) is 8.65. The Morgan fingerprint density at radius 2 is 2.31 bits per heavy atom. The first-order valence-electron chi connectivity index (χ1n) is 5.36. The summed E-state index contributed by atoms with van der Waals surface area (Å²) in [5.41, 5.74) is 0. The van der Waals surface area contributed by atoms with Gasteiger partial charge < -0.3 is 10.6 Å². The highest BCUT2D eigenvalue weighted by atomic mass is 19.1. The highest BCUT2D eigenvalue weighted by Crippen LogP contribution is 2.15. The Labute approximate surface area is 80.3 Å². The maximum absolute atomic E-state index is 13.7. The van der Waals surface area contributed by atoms with E-state index >= 15 is 0 Å². The minimum Gasteiger partial charge on any atom is -0.312 e. The molecule has 78 valence electrons. The molecule has 1 aliphatic rings. The summed E-state index contributed by atoms with van der Waals surface area (Å²) in [4.78, 5) is 0. The summed E-state index contributed by atoms with van der Waals surface area (Å²) in [6, 6.07) is 0.0448. The largest absolute Gasteiger partial charge is 0.312 e. The van der Waals surface area contributed by atoms with Crippen molar-refractivity contribution >= 4 is 0 Å². The molecular formula is C10H21FN2. The number of piperidine rings is 1. The smallest absolute Gasteiger partial charge is 0.130 e. The van der Waals surface area contributed by atoms with Crippen LogP contribution in [0.25, 0.3) is 0 Å². The fourth-order valence-corrected chi connectivity index (χ4v) is 1.93. The SMILES string of the molecule is CCNC(C)C(F)C1CCCCN1. The molecule has 1 saturated heterocycles. The Balaban J connectivity index is 2.31. The second kappa shape index (κ2) is 5.55. The topological polar surface area (TPSA) is 24.1 Å². The molecule has 0 amide bonds. The lowest BCUT2D eigenvalue weighted by Gasteiger charge is -2.30. The third kappa shape index (κ3) is 3.24. The highest BCUT2D eigenvalue weighted by Gasteiger charge is 2.26. The molecule has 2 nitrogen and oxygen atoms in total. The van der Waals surface area contributed by atoms with E-state index in [0.29, 0.717) is 0 Å². The number of hydrogen-bond acceptors (Lipinski definition) is 2. The maximum Gasteiger partial charge on any atom is 0.130 e. The van der Waals surface area contributed by atoms with Gasteiger partial charge in [-0.3, -0.25) is 0 Å². The van der Waals surface area contributed by atoms with E-state index in [1.807, 2.05) is 13.8 Å². The van der Waals surface area contributed by atoms with Crippen molar-refractivity contribution in [2.75, 3.05) is 13.1 Å². The van der Waals surface area contributed by atoms with Gasteiger partial charge in [0.15, 0.2) is 0 Å². The monoisotopic (exact) mass is 188 g/mol. The van der Waals surface area contributed by atoms with E-state index < -0.39 is 6.17 Å². The van der Waals surface area contributed by atoms with Crippen molar-refractivity contribution in [1.29, 1.82) is 0 Å². The molecule has 0 spiro atoms. The average molecular weight is 188 g/mol. The molecule has 3 atom stereocenters. The van der Waals surface area contributed by atoms with E-state index in [-0.39, 0.29) is 12.1 Å². The molecule has 0 aromatic carbocycles. The fourth-order valence-electron chi connectivity index (χ4n) is 1.93. The van der Waals surface area contributed by atoms with Crippen LogP contribution in [-0.2, 0) is 0 Å². The minimum atomic E-state index is -0.750. The molecule has 1 rings (SSSR count). The zero-order valence-corrected chi connectivity index (χ0v) is 8.65. The molecular weight excluding hydrogens is 167 g/mol. The van der Waals surface area contributed by atoms with Crippen molar-refractivity contribution in [2.45, 2.75) is 51.4 Å². The van der Waals surface area contributed by atoms with Crippen molar-refractivity contribution in [3.63, 3.8) is 0 Å². The van der Waals surface area contributed by atoms with Gasteiger partial charge in [-0.05, 0) is 32.9 Å². The molecule has 3 heteroatoms. The van der Waals surface area contributed by atoms with Crippen LogP contribution in [0.2, 0.25) is 0 Å². The summed E-state index contributed by atoms with van der Waals surface area (Å²) in [5, 5.41) is 6.37. The van der Waals surface area contributed by atoms with Crippen LogP contribution in [0.1, 0.15) is 33.1 Å². The van der Waals surface area contributed by atoms with Gasteiger partial charge in [-0.2, -0.15) is 0 Å². The molecule has 0 saturated carbocycles. The van der Waals surface area contributed by atoms with Crippen LogP contribution in [-0.4, -0.2) is 31.3 Å². The van der Waals surface area contributed by atoms with Crippen LogP contribution in [0, 0.1) is 0 Å². The number of nitrogens with one attached hydrogen (secondary N) is 2. The van der Waals surface area contributed by atoms with E-state index in [0.717, 1.165) is 25.9 Å². The van der Waals surface area contributed by atoms with Gasteiger partial charge in [0.25, 0.3) is 0 Å². The second-order valence-electron chi connectivity index (χ2n) is 3.85. The Bertz CT molecular complexity index is 135. The lowest BCUT2D eigenvalue weighted by molar-refractivity contribution is 0.176. The Morgan fingerprint density at radius 1 is 1.54 bits per heavy atom. The van der Waals surface area contributed by atoms with Crippen molar-refractivity contribution in [1.82, 2.24) is 10.6 Å². The normalized spacial score (nSPS) is 28.4. The molecule has 1 fully saturated rings. The first-order chi connectivity index (χ1) is 6.25. The first kappa shape index (κ1) is 10.9. The average Bonchev–Trinajstić information content (AvgIpc) is 2.18. The van der Waals surface area contributed by atoms with E-state index in [1.54, 1.807) is 0 Å². The lowest BCUT2D eigenvalue weighted by atomic mass is 9.97. The van der Waals surface area contributed by atoms with E-state index in [9.17, 15) is 4.39 Å². The summed E-state index contributed by atoms with van der Waals surface area (Å²) in [5.74, 6) is 0. The number of rotatable bonds is 4. The van der Waals surface area contributed by atoms with Crippen LogP contribution in [0.15, 0.2) is 0 Å². The first-order valence-corrected chi connectivity index (χ1v) is 5.36. The van der Waals surface area contributed by atoms with Crippen LogP contribution in [0.4, 0.5) is 4.39 Å². The molecule has 0 aromatic heterocycles. The highest BCUT2D eigenvalue weighted by molar-refractivity contribution is 4.85. The third-order valence-electron chi connectivity index (χ3n) is 2.74. The fraction of sp³-hybridized carbons (Fsp3) is 1.00. The predicted molar refractivity (Wildman–Crippen MR) is 53.7 cm³/mol. The minimum absolute atomic E-state index is 0.0272. The van der Waals surface area contributed by atoms with Gasteiger partial charge in [0.2, 0.25) is 0 Å². The van der Waals surface area contributed by atoms with Gasteiger partial charge in [0, 0.05) is 12.1 Å². The Kier molecular flexibility index (Phi) is 4.67. The van der Waals surface area contributed by atoms with Crippen LogP contribution in [0.3, 0.4) is 0 Å². The van der Waals surface area contributed by atoms with E-state index in [1.165, 1.54) is 6.42 Å². The molecule has 0 aliphatic carbocycles. The molecule has 0 bridgehead atoms. The zero-order chi connectivity index (χ0) is 9.68. The Morgan fingerprint density at radius 3 is 2.85 bits per heavy atom. The van der Waals surface area contributed by atoms with Gasteiger partial charge >= 0.3 is 0 Å². The van der Waals surface area contributed by atoms with Gasteiger partial charge in [-0.25, -0.2) is 4.39 Å². The molecule has 1 aliphatic heterocycles. The van der Waals surface area contributed by atoms with Gasteiger partial charge in [-0.15, -0.1) is 0 Å². The quantitative estimate of drug-likeness (QED) is 0.698. The van der Waals surface area contributed by atoms with E-state index in [2.05, 4.69) is 10.6 Å². The van der Waals surface area contributed by atoms with Crippen LogP contribution >= 0.6 is 0 Å². The predicted octanol–water partition coefficient (Wildman–Crippen LogP) is 1.46. The maximum atomic E-state index is 13.7.